The van der Waals surface area contributed by atoms with Crippen LogP contribution in [0.5, 0.6) is 0 Å². The maximum absolute atomic E-state index is 4.70. The van der Waals surface area contributed by atoms with Gasteiger partial charge in [0.15, 0.2) is 0 Å². The van der Waals surface area contributed by atoms with Gasteiger partial charge in [-0.15, -0.1) is 0 Å². The Balaban J connectivity index is 1.42. The number of hydrogen-bond donors (Lipinski definition) is 2. The van der Waals surface area contributed by atoms with Crippen molar-refractivity contribution in [1.29, 1.82) is 0 Å². The predicted octanol–water partition coefficient (Wildman–Crippen LogP) is 5.52. The van der Waals surface area contributed by atoms with Crippen molar-refractivity contribution < 1.29 is 0 Å². The summed E-state index contributed by atoms with van der Waals surface area (Å²) in [5, 5.41) is 5.93. The standard InChI is InChI=1S/C25H30N4S/c1-16-13-27-25-21(16)12-19(14-28-25)18-10-17-7-9-29(30-20-5-6-20)15-23(17)22(11-18)24-4-2-3-8-26-24/h10-14,20,24,26H,2-9,15H2,1H3,(H,27,28). The van der Waals surface area contributed by atoms with E-state index in [1.807, 2.05) is 6.20 Å². The highest BCUT2D eigenvalue weighted by Crippen LogP contribution is 2.41. The highest BCUT2D eigenvalue weighted by Gasteiger charge is 2.30. The van der Waals surface area contributed by atoms with Gasteiger partial charge in [0.2, 0.25) is 0 Å². The number of fused-ring (bicyclic) bond motifs is 2. The molecule has 0 radical (unpaired) electrons. The van der Waals surface area contributed by atoms with Crippen LogP contribution < -0.4 is 5.32 Å². The molecule has 1 aromatic carbocycles. The molecule has 5 heteroatoms. The van der Waals surface area contributed by atoms with Crippen LogP contribution in [0.2, 0.25) is 0 Å². The second kappa shape index (κ2) is 7.70. The summed E-state index contributed by atoms with van der Waals surface area (Å²) in [6.07, 6.45) is 11.9. The molecular weight excluding hydrogens is 388 g/mol. The first-order valence-corrected chi connectivity index (χ1v) is 12.3. The van der Waals surface area contributed by atoms with E-state index in [1.165, 1.54) is 66.3 Å². The maximum Gasteiger partial charge on any atom is 0.137 e. The van der Waals surface area contributed by atoms with E-state index in [9.17, 15) is 0 Å². The number of pyridine rings is 1. The van der Waals surface area contributed by atoms with Gasteiger partial charge in [0.25, 0.3) is 0 Å². The van der Waals surface area contributed by atoms with Gasteiger partial charge < -0.3 is 10.3 Å². The molecule has 3 aromatic rings. The SMILES string of the molecule is Cc1c[nH]c2ncc(-c3cc4c(c(C5CCCCN5)c3)CN(SC3CC3)CC4)cc12. The van der Waals surface area contributed by atoms with Crippen molar-refractivity contribution in [3.05, 3.63) is 52.8 Å². The van der Waals surface area contributed by atoms with Crippen LogP contribution in [0.15, 0.2) is 30.6 Å². The molecule has 156 valence electrons. The van der Waals surface area contributed by atoms with E-state index in [4.69, 9.17) is 4.98 Å². The van der Waals surface area contributed by atoms with Crippen LogP contribution in [0.1, 0.15) is 60.4 Å². The van der Waals surface area contributed by atoms with Crippen LogP contribution in [0.3, 0.4) is 0 Å². The number of nitrogens with zero attached hydrogens (tertiary/aromatic N) is 2. The second-order valence-corrected chi connectivity index (χ2v) is 10.6. The third-order valence-electron chi connectivity index (χ3n) is 6.92. The first kappa shape index (κ1) is 18.9. The summed E-state index contributed by atoms with van der Waals surface area (Å²) in [5.41, 5.74) is 9.48. The largest absolute Gasteiger partial charge is 0.346 e. The van der Waals surface area contributed by atoms with Gasteiger partial charge in [-0.05, 0) is 85.5 Å². The van der Waals surface area contributed by atoms with E-state index in [0.717, 1.165) is 30.4 Å². The van der Waals surface area contributed by atoms with Gasteiger partial charge in [0.05, 0.1) is 0 Å². The van der Waals surface area contributed by atoms with Crippen molar-refractivity contribution in [3.63, 3.8) is 0 Å². The minimum atomic E-state index is 0.490. The fraction of sp³-hybridized carbons (Fsp3) is 0.480. The lowest BCUT2D eigenvalue weighted by Gasteiger charge is -2.33. The number of rotatable bonds is 4. The topological polar surface area (TPSA) is 44.0 Å². The molecule has 1 saturated carbocycles. The zero-order valence-electron chi connectivity index (χ0n) is 17.7. The van der Waals surface area contributed by atoms with E-state index < -0.39 is 0 Å². The number of piperidine rings is 1. The molecular formula is C25H30N4S. The molecule has 2 fully saturated rings. The summed E-state index contributed by atoms with van der Waals surface area (Å²) in [7, 11) is 0. The Morgan fingerprint density at radius 2 is 2.03 bits per heavy atom. The Morgan fingerprint density at radius 1 is 1.10 bits per heavy atom. The van der Waals surface area contributed by atoms with E-state index in [1.54, 1.807) is 11.1 Å². The molecule has 2 aliphatic heterocycles. The van der Waals surface area contributed by atoms with Crippen LogP contribution in [0, 0.1) is 6.92 Å². The van der Waals surface area contributed by atoms with Gasteiger partial charge in [-0.2, -0.15) is 0 Å². The number of aromatic amines is 1. The highest BCUT2D eigenvalue weighted by atomic mass is 32.2. The van der Waals surface area contributed by atoms with E-state index in [0.29, 0.717) is 6.04 Å². The summed E-state index contributed by atoms with van der Waals surface area (Å²) in [4.78, 5) is 7.98. The van der Waals surface area contributed by atoms with Crippen LogP contribution in [-0.2, 0) is 13.0 Å². The Labute approximate surface area is 183 Å². The van der Waals surface area contributed by atoms with Gasteiger partial charge >= 0.3 is 0 Å². The van der Waals surface area contributed by atoms with Crippen LogP contribution in [0.25, 0.3) is 22.2 Å². The molecule has 0 amide bonds. The number of hydrogen-bond acceptors (Lipinski definition) is 4. The third-order valence-corrected chi connectivity index (χ3v) is 8.30. The summed E-state index contributed by atoms with van der Waals surface area (Å²) >= 11 is 2.11. The van der Waals surface area contributed by atoms with Crippen LogP contribution in [0.4, 0.5) is 0 Å². The van der Waals surface area contributed by atoms with E-state index in [-0.39, 0.29) is 0 Å². The van der Waals surface area contributed by atoms with E-state index >= 15 is 0 Å². The normalized spacial score (nSPS) is 22.4. The van der Waals surface area contributed by atoms with Crippen molar-refractivity contribution in [2.45, 2.75) is 63.3 Å². The van der Waals surface area contributed by atoms with Crippen molar-refractivity contribution >= 4 is 23.0 Å². The lowest BCUT2D eigenvalue weighted by Crippen LogP contribution is -2.31. The van der Waals surface area contributed by atoms with E-state index in [2.05, 4.69) is 57.9 Å². The van der Waals surface area contributed by atoms with Crippen molar-refractivity contribution in [2.24, 2.45) is 0 Å². The average Bonchev–Trinajstić information content (AvgIpc) is 3.53. The number of H-pyrrole nitrogens is 1. The fourth-order valence-corrected chi connectivity index (χ4v) is 6.20. The molecule has 1 saturated heterocycles. The molecule has 3 aliphatic rings. The Hall–Kier alpha value is -1.82. The van der Waals surface area contributed by atoms with Gasteiger partial charge in [0.1, 0.15) is 5.65 Å². The molecule has 0 spiro atoms. The molecule has 1 unspecified atom stereocenters. The molecule has 30 heavy (non-hydrogen) atoms. The Bertz CT molecular complexity index is 1080. The van der Waals surface area contributed by atoms with Crippen molar-refractivity contribution in [2.75, 3.05) is 13.1 Å². The predicted molar refractivity (Wildman–Crippen MR) is 126 cm³/mol. The third kappa shape index (κ3) is 3.57. The Morgan fingerprint density at radius 3 is 2.87 bits per heavy atom. The minimum absolute atomic E-state index is 0.490. The van der Waals surface area contributed by atoms with Gasteiger partial charge in [-0.3, -0.25) is 0 Å². The molecule has 1 aliphatic carbocycles. The quantitative estimate of drug-likeness (QED) is 0.548. The molecule has 4 heterocycles. The maximum atomic E-state index is 4.70. The average molecular weight is 419 g/mol. The van der Waals surface area contributed by atoms with Gasteiger partial charge in [-0.25, -0.2) is 9.29 Å². The zero-order chi connectivity index (χ0) is 20.1. The molecule has 0 bridgehead atoms. The van der Waals surface area contributed by atoms with Crippen molar-refractivity contribution in [1.82, 2.24) is 19.6 Å². The summed E-state index contributed by atoms with van der Waals surface area (Å²) in [6.45, 7) is 5.56. The first-order valence-electron chi connectivity index (χ1n) is 11.5. The second-order valence-electron chi connectivity index (χ2n) is 9.22. The molecule has 4 nitrogen and oxygen atoms in total. The zero-order valence-corrected chi connectivity index (χ0v) is 18.5. The minimum Gasteiger partial charge on any atom is -0.346 e. The van der Waals surface area contributed by atoms with Crippen LogP contribution in [-0.4, -0.2) is 32.6 Å². The monoisotopic (exact) mass is 418 g/mol. The highest BCUT2D eigenvalue weighted by molar-refractivity contribution is 7.97. The summed E-state index contributed by atoms with van der Waals surface area (Å²) < 4.78 is 2.63. The number of aromatic nitrogens is 2. The molecule has 2 N–H and O–H groups in total. The molecule has 6 rings (SSSR count). The smallest absolute Gasteiger partial charge is 0.137 e. The van der Waals surface area contributed by atoms with Crippen molar-refractivity contribution in [3.8, 4) is 11.1 Å². The number of benzene rings is 1. The van der Waals surface area contributed by atoms with Gasteiger partial charge in [-0.1, -0.05) is 24.4 Å². The first-order chi connectivity index (χ1) is 14.7. The lowest BCUT2D eigenvalue weighted by atomic mass is 9.85. The lowest BCUT2D eigenvalue weighted by molar-refractivity contribution is 0.396. The van der Waals surface area contributed by atoms with Crippen LogP contribution >= 0.6 is 11.9 Å². The number of aryl methyl sites for hydroxylation is 1. The Kier molecular flexibility index (Phi) is 4.85. The fourth-order valence-electron chi connectivity index (χ4n) is 5.03. The van der Waals surface area contributed by atoms with Gasteiger partial charge in [0, 0.05) is 47.7 Å². The summed E-state index contributed by atoms with van der Waals surface area (Å²) in [5.74, 6) is 0. The molecule has 2 aromatic heterocycles. The summed E-state index contributed by atoms with van der Waals surface area (Å²) in [6, 6.07) is 7.72. The number of nitrogens with one attached hydrogen (secondary N) is 2. The molecule has 1 atom stereocenters.